The van der Waals surface area contributed by atoms with Gasteiger partial charge in [0.15, 0.2) is 6.61 Å². The van der Waals surface area contributed by atoms with Crippen molar-refractivity contribution in [1.82, 2.24) is 4.98 Å². The molecular formula is C18H15ClN2O3S2. The molecule has 26 heavy (non-hydrogen) atoms. The maximum absolute atomic E-state index is 11.9. The summed E-state index contributed by atoms with van der Waals surface area (Å²) in [5.74, 6) is -0.916. The summed E-state index contributed by atoms with van der Waals surface area (Å²) in [4.78, 5) is 29.3. The van der Waals surface area contributed by atoms with Gasteiger partial charge in [-0.3, -0.25) is 9.59 Å². The Bertz CT molecular complexity index is 922. The van der Waals surface area contributed by atoms with Crippen molar-refractivity contribution in [2.75, 3.05) is 11.9 Å². The highest BCUT2D eigenvalue weighted by Crippen LogP contribution is 2.28. The van der Waals surface area contributed by atoms with Crippen molar-refractivity contribution in [3.05, 3.63) is 57.4 Å². The van der Waals surface area contributed by atoms with Gasteiger partial charge in [0.25, 0.3) is 5.91 Å². The average Bonchev–Trinajstić information content (AvgIpc) is 3.28. The van der Waals surface area contributed by atoms with E-state index in [4.69, 9.17) is 16.3 Å². The van der Waals surface area contributed by atoms with Gasteiger partial charge in [-0.1, -0.05) is 23.7 Å². The highest BCUT2D eigenvalue weighted by Gasteiger charge is 2.12. The molecule has 8 heteroatoms. The molecule has 3 aromatic rings. The predicted octanol–water partition coefficient (Wildman–Crippen LogP) is 4.56. The Labute approximate surface area is 163 Å². The third-order valence-corrected chi connectivity index (χ3v) is 5.77. The minimum atomic E-state index is -0.495. The van der Waals surface area contributed by atoms with Crippen molar-refractivity contribution in [3.63, 3.8) is 0 Å². The zero-order valence-electron chi connectivity index (χ0n) is 13.8. The molecule has 2 aromatic heterocycles. The third-order valence-electron chi connectivity index (χ3n) is 3.43. The minimum absolute atomic E-state index is 0.0332. The van der Waals surface area contributed by atoms with E-state index in [1.807, 2.05) is 29.8 Å². The molecule has 0 atom stereocenters. The van der Waals surface area contributed by atoms with Gasteiger partial charge >= 0.3 is 5.97 Å². The fourth-order valence-corrected chi connectivity index (χ4v) is 3.93. The van der Waals surface area contributed by atoms with Crippen LogP contribution in [0.3, 0.4) is 0 Å². The SMILES string of the molecule is Cc1ccc(NC(=O)COC(=O)Cc2csc(-c3cccs3)n2)cc1Cl. The average molecular weight is 407 g/mol. The van der Waals surface area contributed by atoms with Crippen molar-refractivity contribution in [2.45, 2.75) is 13.3 Å². The Balaban J connectivity index is 1.47. The Morgan fingerprint density at radius 1 is 1.27 bits per heavy atom. The molecule has 0 aliphatic carbocycles. The molecule has 0 saturated carbocycles. The number of carbonyl (C=O) groups is 2. The Morgan fingerprint density at radius 3 is 2.85 bits per heavy atom. The van der Waals surface area contributed by atoms with E-state index in [1.54, 1.807) is 29.5 Å². The van der Waals surface area contributed by atoms with Crippen LogP contribution in [0.1, 0.15) is 11.3 Å². The summed E-state index contributed by atoms with van der Waals surface area (Å²) < 4.78 is 5.02. The number of amides is 1. The Morgan fingerprint density at radius 2 is 2.12 bits per heavy atom. The summed E-state index contributed by atoms with van der Waals surface area (Å²) in [6, 6.07) is 9.13. The van der Waals surface area contributed by atoms with Gasteiger partial charge in [0.2, 0.25) is 0 Å². The lowest BCUT2D eigenvalue weighted by Gasteiger charge is -2.07. The van der Waals surface area contributed by atoms with Crippen molar-refractivity contribution in [1.29, 1.82) is 0 Å². The number of aromatic nitrogens is 1. The highest BCUT2D eigenvalue weighted by molar-refractivity contribution is 7.20. The van der Waals surface area contributed by atoms with Gasteiger partial charge in [-0.2, -0.15) is 0 Å². The van der Waals surface area contributed by atoms with Crippen molar-refractivity contribution < 1.29 is 14.3 Å². The van der Waals surface area contributed by atoms with Crippen molar-refractivity contribution in [3.8, 4) is 9.88 Å². The number of aryl methyl sites for hydroxylation is 1. The molecule has 0 radical (unpaired) electrons. The van der Waals surface area contributed by atoms with Crippen LogP contribution in [0.5, 0.6) is 0 Å². The number of thiazole rings is 1. The molecule has 0 aliphatic rings. The summed E-state index contributed by atoms with van der Waals surface area (Å²) in [5.41, 5.74) is 2.11. The molecular weight excluding hydrogens is 392 g/mol. The van der Waals surface area contributed by atoms with Crippen LogP contribution >= 0.6 is 34.3 Å². The number of halogens is 1. The standard InChI is InChI=1S/C18H15ClN2O3S2/c1-11-4-5-12(7-14(11)19)20-16(22)9-24-17(23)8-13-10-26-18(21-13)15-3-2-6-25-15/h2-7,10H,8-9H2,1H3,(H,20,22). The van der Waals surface area contributed by atoms with E-state index < -0.39 is 11.9 Å². The molecule has 2 heterocycles. The predicted molar refractivity (Wildman–Crippen MR) is 105 cm³/mol. The fraction of sp³-hybridized carbons (Fsp3) is 0.167. The van der Waals surface area contributed by atoms with Crippen LogP contribution in [0.4, 0.5) is 5.69 Å². The van der Waals surface area contributed by atoms with Crippen molar-refractivity contribution in [2.24, 2.45) is 0 Å². The molecule has 1 amide bonds. The smallest absolute Gasteiger partial charge is 0.312 e. The molecule has 0 aliphatic heterocycles. The van der Waals surface area contributed by atoms with Gasteiger partial charge in [-0.15, -0.1) is 22.7 Å². The Hall–Kier alpha value is -2.22. The van der Waals surface area contributed by atoms with Crippen LogP contribution in [0.2, 0.25) is 5.02 Å². The van der Waals surface area contributed by atoms with E-state index in [2.05, 4.69) is 10.3 Å². The summed E-state index contributed by atoms with van der Waals surface area (Å²) in [6.07, 6.45) is 0.0332. The quantitative estimate of drug-likeness (QED) is 0.609. The normalized spacial score (nSPS) is 10.5. The van der Waals surface area contributed by atoms with Gasteiger partial charge < -0.3 is 10.1 Å². The van der Waals surface area contributed by atoms with Crippen LogP contribution in [0.25, 0.3) is 9.88 Å². The van der Waals surface area contributed by atoms with E-state index in [0.29, 0.717) is 16.4 Å². The fourth-order valence-electron chi connectivity index (χ4n) is 2.11. The molecule has 5 nitrogen and oxygen atoms in total. The molecule has 0 unspecified atom stereocenters. The number of anilines is 1. The molecule has 3 rings (SSSR count). The summed E-state index contributed by atoms with van der Waals surface area (Å²) in [6.45, 7) is 1.52. The second-order valence-electron chi connectivity index (χ2n) is 5.47. The van der Waals surface area contributed by atoms with Crippen LogP contribution < -0.4 is 5.32 Å². The number of rotatable bonds is 6. The van der Waals surface area contributed by atoms with E-state index >= 15 is 0 Å². The van der Waals surface area contributed by atoms with E-state index in [1.165, 1.54) is 11.3 Å². The number of carbonyl (C=O) groups excluding carboxylic acids is 2. The first-order valence-corrected chi connectivity index (χ1v) is 9.85. The number of nitrogens with zero attached hydrogens (tertiary/aromatic N) is 1. The minimum Gasteiger partial charge on any atom is -0.455 e. The number of benzene rings is 1. The summed E-state index contributed by atoms with van der Waals surface area (Å²) in [7, 11) is 0. The first-order valence-electron chi connectivity index (χ1n) is 7.71. The second-order valence-corrected chi connectivity index (χ2v) is 7.68. The van der Waals surface area contributed by atoms with E-state index in [9.17, 15) is 9.59 Å². The summed E-state index contributed by atoms with van der Waals surface area (Å²) in [5, 5.41) is 7.87. The Kier molecular flexibility index (Phi) is 6.03. The molecule has 134 valence electrons. The van der Waals surface area contributed by atoms with Crippen LogP contribution in [0.15, 0.2) is 41.1 Å². The largest absolute Gasteiger partial charge is 0.455 e. The van der Waals surface area contributed by atoms with E-state index in [-0.39, 0.29) is 13.0 Å². The van der Waals surface area contributed by atoms with Gasteiger partial charge in [-0.25, -0.2) is 4.98 Å². The van der Waals surface area contributed by atoms with Crippen molar-refractivity contribution >= 4 is 51.8 Å². The van der Waals surface area contributed by atoms with Gasteiger partial charge in [-0.05, 0) is 36.1 Å². The lowest BCUT2D eigenvalue weighted by atomic mass is 10.2. The number of esters is 1. The van der Waals surface area contributed by atoms with Crippen LogP contribution in [-0.2, 0) is 20.7 Å². The maximum atomic E-state index is 11.9. The second kappa shape index (κ2) is 8.44. The number of nitrogens with one attached hydrogen (secondary N) is 1. The lowest BCUT2D eigenvalue weighted by molar-refractivity contribution is -0.146. The first kappa shape index (κ1) is 18.6. The molecule has 1 N–H and O–H groups in total. The molecule has 0 spiro atoms. The topological polar surface area (TPSA) is 68.3 Å². The molecule has 0 fully saturated rings. The molecule has 0 bridgehead atoms. The zero-order chi connectivity index (χ0) is 18.5. The molecule has 1 aromatic carbocycles. The number of hydrogen-bond donors (Lipinski definition) is 1. The zero-order valence-corrected chi connectivity index (χ0v) is 16.2. The summed E-state index contributed by atoms with van der Waals surface area (Å²) >= 11 is 9.08. The monoisotopic (exact) mass is 406 g/mol. The van der Waals surface area contributed by atoms with Gasteiger partial charge in [0, 0.05) is 16.1 Å². The van der Waals surface area contributed by atoms with Gasteiger partial charge in [0.1, 0.15) is 5.01 Å². The number of hydrogen-bond acceptors (Lipinski definition) is 6. The first-order chi connectivity index (χ1) is 12.5. The lowest BCUT2D eigenvalue weighted by Crippen LogP contribution is -2.21. The van der Waals surface area contributed by atoms with Crippen LogP contribution in [0, 0.1) is 6.92 Å². The number of ether oxygens (including phenoxy) is 1. The van der Waals surface area contributed by atoms with Gasteiger partial charge in [0.05, 0.1) is 17.0 Å². The van der Waals surface area contributed by atoms with Crippen LogP contribution in [-0.4, -0.2) is 23.5 Å². The maximum Gasteiger partial charge on any atom is 0.312 e. The highest BCUT2D eigenvalue weighted by atomic mass is 35.5. The third kappa shape index (κ3) is 4.91. The van der Waals surface area contributed by atoms with E-state index in [0.717, 1.165) is 15.4 Å². The number of thiophene rings is 1. The molecule has 0 saturated heterocycles.